The highest BCUT2D eigenvalue weighted by molar-refractivity contribution is 6.02. The number of hydrogen-bond acceptors (Lipinski definition) is 6. The predicted molar refractivity (Wildman–Crippen MR) is 137 cm³/mol. The molecule has 1 aromatic heterocycles. The minimum Gasteiger partial charge on any atom is -0.378 e. The number of morpholine rings is 1. The maximum Gasteiger partial charge on any atom is 0.247 e. The van der Waals surface area contributed by atoms with Crippen molar-refractivity contribution < 1.29 is 13.9 Å². The monoisotopic (exact) mass is 469 g/mol. The Kier molecular flexibility index (Phi) is 6.36. The van der Waals surface area contributed by atoms with Crippen LogP contribution in [-0.4, -0.2) is 42.2 Å². The molecule has 0 radical (unpaired) electrons. The second-order valence-corrected chi connectivity index (χ2v) is 8.10. The second-order valence-electron chi connectivity index (χ2n) is 8.10. The van der Waals surface area contributed by atoms with E-state index in [2.05, 4.69) is 27.1 Å². The van der Waals surface area contributed by atoms with Gasteiger partial charge in [-0.15, -0.1) is 0 Å². The van der Waals surface area contributed by atoms with Gasteiger partial charge in [-0.2, -0.15) is 0 Å². The predicted octanol–water partition coefficient (Wildman–Crippen LogP) is 5.14. The summed E-state index contributed by atoms with van der Waals surface area (Å²) in [6.07, 6.45) is 2.97. The van der Waals surface area contributed by atoms with Gasteiger partial charge < -0.3 is 20.3 Å². The molecule has 0 saturated carbocycles. The molecule has 0 aliphatic carbocycles. The first-order valence-electron chi connectivity index (χ1n) is 11.3. The van der Waals surface area contributed by atoms with Crippen molar-refractivity contribution in [3.05, 3.63) is 85.3 Å². The highest BCUT2D eigenvalue weighted by atomic mass is 19.1. The number of anilines is 4. The summed E-state index contributed by atoms with van der Waals surface area (Å²) in [7, 11) is 0. The van der Waals surface area contributed by atoms with E-state index in [1.807, 2.05) is 42.5 Å². The van der Waals surface area contributed by atoms with Crippen LogP contribution in [0.25, 0.3) is 22.0 Å². The van der Waals surface area contributed by atoms with Crippen molar-refractivity contribution >= 4 is 39.8 Å². The highest BCUT2D eigenvalue weighted by Gasteiger charge is 2.17. The molecule has 1 aliphatic heterocycles. The number of carbonyl (C=O) groups excluding carboxylic acids is 1. The Balaban J connectivity index is 1.49. The molecule has 7 nitrogen and oxygen atoms in total. The summed E-state index contributed by atoms with van der Waals surface area (Å²) in [5, 5.41) is 6.97. The molecule has 1 saturated heterocycles. The molecule has 1 amide bonds. The van der Waals surface area contributed by atoms with Crippen LogP contribution in [0.2, 0.25) is 0 Å². The van der Waals surface area contributed by atoms with Crippen LogP contribution in [0.5, 0.6) is 0 Å². The average Bonchev–Trinajstić information content (AvgIpc) is 2.89. The van der Waals surface area contributed by atoms with Gasteiger partial charge in [0, 0.05) is 35.9 Å². The Hall–Kier alpha value is -4.30. The molecule has 5 rings (SSSR count). The minimum atomic E-state index is -0.304. The lowest BCUT2D eigenvalue weighted by Crippen LogP contribution is -2.36. The molecule has 1 fully saturated rings. The number of fused-ring (bicyclic) bond motifs is 1. The molecule has 0 spiro atoms. The first-order chi connectivity index (χ1) is 17.1. The largest absolute Gasteiger partial charge is 0.378 e. The number of rotatable bonds is 6. The van der Waals surface area contributed by atoms with E-state index in [9.17, 15) is 9.18 Å². The zero-order valence-electron chi connectivity index (χ0n) is 19.0. The van der Waals surface area contributed by atoms with Crippen LogP contribution in [0.3, 0.4) is 0 Å². The van der Waals surface area contributed by atoms with Gasteiger partial charge in [0.15, 0.2) is 0 Å². The smallest absolute Gasteiger partial charge is 0.247 e. The third kappa shape index (κ3) is 4.97. The topological polar surface area (TPSA) is 79.4 Å². The van der Waals surface area contributed by atoms with Crippen molar-refractivity contribution in [1.29, 1.82) is 0 Å². The second kappa shape index (κ2) is 9.90. The van der Waals surface area contributed by atoms with E-state index >= 15 is 0 Å². The van der Waals surface area contributed by atoms with Crippen LogP contribution < -0.4 is 15.5 Å². The number of hydrogen-bond donors (Lipinski definition) is 2. The van der Waals surface area contributed by atoms with E-state index in [0.717, 1.165) is 35.3 Å². The van der Waals surface area contributed by atoms with Gasteiger partial charge in [0.25, 0.3) is 0 Å². The minimum absolute atomic E-state index is 0.293. The summed E-state index contributed by atoms with van der Waals surface area (Å²) < 4.78 is 19.3. The van der Waals surface area contributed by atoms with Gasteiger partial charge in [-0.25, -0.2) is 14.4 Å². The number of ether oxygens (including phenoxy) is 1. The number of carbonyl (C=O) groups is 1. The van der Waals surface area contributed by atoms with Crippen LogP contribution in [0.1, 0.15) is 0 Å². The van der Waals surface area contributed by atoms with Gasteiger partial charge in [0.2, 0.25) is 11.9 Å². The van der Waals surface area contributed by atoms with Crippen LogP contribution in [0.15, 0.2) is 79.5 Å². The molecule has 8 heteroatoms. The molecule has 2 heterocycles. The molecule has 0 bridgehead atoms. The number of nitrogens with one attached hydrogen (secondary N) is 2. The fraction of sp³-hybridized carbons (Fsp3) is 0.148. The zero-order valence-corrected chi connectivity index (χ0v) is 19.0. The summed E-state index contributed by atoms with van der Waals surface area (Å²) in [6, 6.07) is 17.9. The van der Waals surface area contributed by atoms with Crippen molar-refractivity contribution in [3.8, 4) is 11.1 Å². The summed E-state index contributed by atoms with van der Waals surface area (Å²) >= 11 is 0. The normalized spacial score (nSPS) is 13.5. The van der Waals surface area contributed by atoms with Gasteiger partial charge in [-0.3, -0.25) is 4.79 Å². The lowest BCUT2D eigenvalue weighted by Gasteiger charge is -2.30. The first kappa shape index (κ1) is 22.5. The molecule has 35 heavy (non-hydrogen) atoms. The molecule has 4 aromatic rings. The maximum absolute atomic E-state index is 13.8. The maximum atomic E-state index is 13.8. The number of nitrogens with zero attached hydrogens (tertiary/aromatic N) is 3. The molecular formula is C27H24FN5O2. The summed E-state index contributed by atoms with van der Waals surface area (Å²) in [5.74, 6) is -0.207. The van der Waals surface area contributed by atoms with Crippen molar-refractivity contribution in [2.45, 2.75) is 0 Å². The lowest BCUT2D eigenvalue weighted by atomic mass is 10.0. The van der Waals surface area contributed by atoms with Crippen LogP contribution in [0.4, 0.5) is 27.4 Å². The number of benzene rings is 3. The third-order valence-electron chi connectivity index (χ3n) is 5.79. The lowest BCUT2D eigenvalue weighted by molar-refractivity contribution is -0.111. The first-order valence-corrected chi connectivity index (χ1v) is 11.3. The van der Waals surface area contributed by atoms with E-state index < -0.39 is 0 Å². The SMILES string of the molecule is C=CC(=O)Nc1cc(Nc2ncc3cccc(-c4cccc(F)c4)c3n2)ccc1N1CCOCC1. The van der Waals surface area contributed by atoms with Crippen LogP contribution >= 0.6 is 0 Å². The molecule has 176 valence electrons. The quantitative estimate of drug-likeness (QED) is 0.381. The van der Waals surface area contributed by atoms with E-state index in [1.165, 1.54) is 18.2 Å². The van der Waals surface area contributed by atoms with Gasteiger partial charge in [0.05, 0.1) is 30.1 Å². The van der Waals surface area contributed by atoms with Gasteiger partial charge in [0.1, 0.15) is 5.82 Å². The Morgan fingerprint density at radius 3 is 2.71 bits per heavy atom. The van der Waals surface area contributed by atoms with Crippen molar-refractivity contribution in [2.75, 3.05) is 41.8 Å². The Morgan fingerprint density at radius 1 is 1.09 bits per heavy atom. The summed E-state index contributed by atoms with van der Waals surface area (Å²) in [6.45, 7) is 6.29. The number of para-hydroxylation sites is 1. The van der Waals surface area contributed by atoms with E-state index in [4.69, 9.17) is 9.72 Å². The number of halogens is 1. The number of amides is 1. The molecule has 2 N–H and O–H groups in total. The summed E-state index contributed by atoms with van der Waals surface area (Å²) in [5.41, 5.74) is 4.54. The summed E-state index contributed by atoms with van der Waals surface area (Å²) in [4.78, 5) is 23.4. The number of aromatic nitrogens is 2. The van der Waals surface area contributed by atoms with Gasteiger partial charge >= 0.3 is 0 Å². The molecule has 0 unspecified atom stereocenters. The fourth-order valence-electron chi connectivity index (χ4n) is 4.11. The van der Waals surface area contributed by atoms with Gasteiger partial charge in [-0.05, 0) is 42.0 Å². The van der Waals surface area contributed by atoms with Crippen molar-refractivity contribution in [1.82, 2.24) is 9.97 Å². The van der Waals surface area contributed by atoms with Gasteiger partial charge in [-0.1, -0.05) is 36.9 Å². The molecule has 0 atom stereocenters. The molecular weight excluding hydrogens is 445 g/mol. The fourth-order valence-corrected chi connectivity index (χ4v) is 4.11. The molecule has 3 aromatic carbocycles. The van der Waals surface area contributed by atoms with E-state index in [0.29, 0.717) is 36.1 Å². The van der Waals surface area contributed by atoms with Crippen LogP contribution in [0, 0.1) is 5.82 Å². The molecule has 1 aliphatic rings. The van der Waals surface area contributed by atoms with Crippen molar-refractivity contribution in [2.24, 2.45) is 0 Å². The zero-order chi connectivity index (χ0) is 24.2. The van der Waals surface area contributed by atoms with Crippen LogP contribution in [-0.2, 0) is 9.53 Å². The van der Waals surface area contributed by atoms with E-state index in [-0.39, 0.29) is 11.7 Å². The Labute approximate surface area is 202 Å². The Morgan fingerprint density at radius 2 is 1.91 bits per heavy atom. The third-order valence-corrected chi connectivity index (χ3v) is 5.79. The van der Waals surface area contributed by atoms with E-state index in [1.54, 1.807) is 12.3 Å². The average molecular weight is 470 g/mol. The standard InChI is InChI=1S/C27H24FN5O2/c1-2-25(34)31-23-16-21(9-10-24(23)33-11-13-35-14-12-33)30-27-29-17-19-6-4-8-22(26(19)32-27)18-5-3-7-20(28)15-18/h2-10,15-17H,1,11-14H2,(H,31,34)(H,29,30,32). The van der Waals surface area contributed by atoms with Crippen molar-refractivity contribution in [3.63, 3.8) is 0 Å². The highest BCUT2D eigenvalue weighted by Crippen LogP contribution is 2.32. The Bertz CT molecular complexity index is 1400.